The Hall–Kier alpha value is -3.92. The minimum atomic E-state index is -0.765. The fraction of sp³-hybridized carbons (Fsp3) is 0.0476. The van der Waals surface area contributed by atoms with Crippen LogP contribution in [0.1, 0.15) is 5.89 Å². The Morgan fingerprint density at radius 2 is 2.00 bits per heavy atom. The summed E-state index contributed by atoms with van der Waals surface area (Å²) in [4.78, 5) is 32.0. The topological polar surface area (TPSA) is 94.3 Å². The molecule has 0 aliphatic carbocycles. The van der Waals surface area contributed by atoms with Crippen LogP contribution in [0, 0.1) is 11.6 Å². The highest BCUT2D eigenvalue weighted by atomic mass is 32.1. The van der Waals surface area contributed by atoms with E-state index in [4.69, 9.17) is 9.15 Å². The summed E-state index contributed by atoms with van der Waals surface area (Å²) in [6.45, 7) is -0.556. The van der Waals surface area contributed by atoms with Gasteiger partial charge in [0, 0.05) is 23.1 Å². The third kappa shape index (κ3) is 4.98. The molecule has 0 radical (unpaired) electrons. The molecule has 10 heteroatoms. The molecule has 2 aromatic heterocycles. The number of halogens is 2. The average molecular weight is 441 g/mol. The van der Waals surface area contributed by atoms with Crippen molar-refractivity contribution in [3.05, 3.63) is 71.4 Å². The van der Waals surface area contributed by atoms with E-state index in [-0.39, 0.29) is 22.3 Å². The molecule has 0 unspecified atom stereocenters. The van der Waals surface area contributed by atoms with Crippen LogP contribution in [-0.2, 0) is 14.3 Å². The van der Waals surface area contributed by atoms with Crippen molar-refractivity contribution >= 4 is 45.5 Å². The maximum absolute atomic E-state index is 13.8. The van der Waals surface area contributed by atoms with E-state index in [1.165, 1.54) is 11.5 Å². The van der Waals surface area contributed by atoms with Gasteiger partial charge in [-0.05, 0) is 30.3 Å². The Morgan fingerprint density at radius 1 is 1.16 bits per heavy atom. The number of rotatable bonds is 6. The lowest BCUT2D eigenvalue weighted by Gasteiger charge is -2.02. The molecule has 0 saturated carbocycles. The number of para-hydroxylation sites is 2. The summed E-state index contributed by atoms with van der Waals surface area (Å²) in [7, 11) is 0. The quantitative estimate of drug-likeness (QED) is 0.352. The Kier molecular flexibility index (Phi) is 5.80. The van der Waals surface area contributed by atoms with Crippen LogP contribution in [0.25, 0.3) is 28.4 Å². The molecule has 156 valence electrons. The van der Waals surface area contributed by atoms with Gasteiger partial charge in [0.05, 0.1) is 5.69 Å². The van der Waals surface area contributed by atoms with Gasteiger partial charge in [0.25, 0.3) is 5.91 Å². The van der Waals surface area contributed by atoms with Gasteiger partial charge in [0.2, 0.25) is 5.89 Å². The number of aromatic nitrogens is 2. The zero-order valence-corrected chi connectivity index (χ0v) is 16.5. The van der Waals surface area contributed by atoms with Crippen LogP contribution in [0.2, 0.25) is 0 Å². The van der Waals surface area contributed by atoms with Gasteiger partial charge >= 0.3 is 5.97 Å². The van der Waals surface area contributed by atoms with E-state index in [1.807, 2.05) is 6.07 Å². The largest absolute Gasteiger partial charge is 0.452 e. The third-order valence-corrected chi connectivity index (χ3v) is 4.73. The van der Waals surface area contributed by atoms with Crippen molar-refractivity contribution in [2.24, 2.45) is 0 Å². The summed E-state index contributed by atoms with van der Waals surface area (Å²) in [6, 6.07) is 10.1. The van der Waals surface area contributed by atoms with Crippen LogP contribution < -0.4 is 5.32 Å². The minimum Gasteiger partial charge on any atom is -0.452 e. The SMILES string of the molecule is O=C(COC(=O)C=Cc1nc2ccccc2o1)Nc1nc(-c2cc(F)ccc2F)cs1. The van der Waals surface area contributed by atoms with E-state index < -0.39 is 30.1 Å². The lowest BCUT2D eigenvalue weighted by molar-refractivity contribution is -0.142. The van der Waals surface area contributed by atoms with Crippen molar-refractivity contribution in [3.63, 3.8) is 0 Å². The fourth-order valence-electron chi connectivity index (χ4n) is 2.59. The molecule has 1 amide bonds. The van der Waals surface area contributed by atoms with E-state index in [9.17, 15) is 18.4 Å². The maximum Gasteiger partial charge on any atom is 0.331 e. The lowest BCUT2D eigenvalue weighted by Crippen LogP contribution is -2.20. The van der Waals surface area contributed by atoms with E-state index in [1.54, 1.807) is 18.2 Å². The van der Waals surface area contributed by atoms with Crippen LogP contribution in [0.5, 0.6) is 0 Å². The Labute approximate surface area is 178 Å². The van der Waals surface area contributed by atoms with E-state index in [2.05, 4.69) is 15.3 Å². The molecule has 0 spiro atoms. The molecular formula is C21H13F2N3O4S. The number of thiazole rings is 1. The van der Waals surface area contributed by atoms with Crippen LogP contribution in [0.4, 0.5) is 13.9 Å². The highest BCUT2D eigenvalue weighted by Gasteiger charge is 2.13. The number of nitrogens with one attached hydrogen (secondary N) is 1. The van der Waals surface area contributed by atoms with Gasteiger partial charge in [0.1, 0.15) is 17.2 Å². The number of amides is 1. The molecule has 0 aliphatic heterocycles. The van der Waals surface area contributed by atoms with E-state index in [0.717, 1.165) is 35.6 Å². The zero-order chi connectivity index (χ0) is 21.8. The molecule has 0 saturated heterocycles. The van der Waals surface area contributed by atoms with Crippen molar-refractivity contribution in [1.29, 1.82) is 0 Å². The number of hydrogen-bond acceptors (Lipinski definition) is 7. The first-order valence-corrected chi connectivity index (χ1v) is 9.77. The summed E-state index contributed by atoms with van der Waals surface area (Å²) in [5.74, 6) is -2.41. The number of nitrogens with zero attached hydrogens (tertiary/aromatic N) is 2. The molecule has 4 rings (SSSR count). The van der Waals surface area contributed by atoms with Crippen LogP contribution in [0.15, 0.2) is 58.3 Å². The van der Waals surface area contributed by atoms with E-state index in [0.29, 0.717) is 11.1 Å². The van der Waals surface area contributed by atoms with Crippen molar-refractivity contribution in [3.8, 4) is 11.3 Å². The predicted octanol–water partition coefficient (Wildman–Crippen LogP) is 4.42. The first kappa shape index (κ1) is 20.4. The van der Waals surface area contributed by atoms with Gasteiger partial charge in [-0.15, -0.1) is 11.3 Å². The van der Waals surface area contributed by atoms with Crippen LogP contribution >= 0.6 is 11.3 Å². The smallest absolute Gasteiger partial charge is 0.331 e. The highest BCUT2D eigenvalue weighted by molar-refractivity contribution is 7.14. The van der Waals surface area contributed by atoms with Gasteiger partial charge in [-0.2, -0.15) is 0 Å². The second-order valence-corrected chi connectivity index (χ2v) is 7.03. The van der Waals surface area contributed by atoms with Crippen molar-refractivity contribution < 1.29 is 27.5 Å². The molecule has 2 aromatic carbocycles. The number of oxazole rings is 1. The van der Waals surface area contributed by atoms with Crippen molar-refractivity contribution in [1.82, 2.24) is 9.97 Å². The molecule has 1 N–H and O–H groups in total. The summed E-state index contributed by atoms with van der Waals surface area (Å²) in [6.07, 6.45) is 2.42. The zero-order valence-electron chi connectivity index (χ0n) is 15.7. The molecule has 4 aromatic rings. The molecule has 0 aliphatic rings. The number of benzene rings is 2. The summed E-state index contributed by atoms with van der Waals surface area (Å²) in [5.41, 5.74) is 1.38. The summed E-state index contributed by atoms with van der Waals surface area (Å²) < 4.78 is 37.4. The predicted molar refractivity (Wildman–Crippen MR) is 110 cm³/mol. The molecule has 2 heterocycles. The molecular weight excluding hydrogens is 428 g/mol. The van der Waals surface area contributed by atoms with Gasteiger partial charge in [-0.1, -0.05) is 12.1 Å². The third-order valence-electron chi connectivity index (χ3n) is 3.97. The van der Waals surface area contributed by atoms with Crippen molar-refractivity contribution in [2.75, 3.05) is 11.9 Å². The van der Waals surface area contributed by atoms with Gasteiger partial charge in [0.15, 0.2) is 17.3 Å². The monoisotopic (exact) mass is 441 g/mol. The Bertz CT molecular complexity index is 1270. The average Bonchev–Trinajstić information content (AvgIpc) is 3.39. The molecule has 0 atom stereocenters. The van der Waals surface area contributed by atoms with Crippen molar-refractivity contribution in [2.45, 2.75) is 0 Å². The fourth-order valence-corrected chi connectivity index (χ4v) is 3.32. The molecule has 31 heavy (non-hydrogen) atoms. The number of ether oxygens (including phenoxy) is 1. The summed E-state index contributed by atoms with van der Waals surface area (Å²) >= 11 is 1.02. The molecule has 7 nitrogen and oxygen atoms in total. The number of anilines is 1. The second kappa shape index (κ2) is 8.84. The van der Waals surface area contributed by atoms with Gasteiger partial charge < -0.3 is 9.15 Å². The molecule has 0 bridgehead atoms. The minimum absolute atomic E-state index is 0.0208. The number of fused-ring (bicyclic) bond motifs is 1. The Morgan fingerprint density at radius 3 is 2.84 bits per heavy atom. The Balaban J connectivity index is 1.30. The second-order valence-electron chi connectivity index (χ2n) is 6.17. The first-order chi connectivity index (χ1) is 15.0. The first-order valence-electron chi connectivity index (χ1n) is 8.89. The number of esters is 1. The number of carbonyl (C=O) groups is 2. The van der Waals surface area contributed by atoms with Gasteiger partial charge in [-0.3, -0.25) is 10.1 Å². The standard InChI is InChI=1S/C21H13F2N3O4S/c22-12-5-6-14(23)13(9-12)16-11-31-21(25-16)26-18(27)10-29-20(28)8-7-19-24-15-3-1-2-4-17(15)30-19/h1-9,11H,10H2,(H,25,26,27). The van der Waals surface area contributed by atoms with Crippen LogP contribution in [0.3, 0.4) is 0 Å². The van der Waals surface area contributed by atoms with Gasteiger partial charge in [-0.25, -0.2) is 23.5 Å². The number of hydrogen-bond donors (Lipinski definition) is 1. The highest BCUT2D eigenvalue weighted by Crippen LogP contribution is 2.27. The van der Waals surface area contributed by atoms with E-state index >= 15 is 0 Å². The lowest BCUT2D eigenvalue weighted by atomic mass is 10.1. The van der Waals surface area contributed by atoms with Crippen LogP contribution in [-0.4, -0.2) is 28.5 Å². The molecule has 0 fully saturated rings. The maximum atomic E-state index is 13.8. The number of carbonyl (C=O) groups excluding carboxylic acids is 2. The summed E-state index contributed by atoms with van der Waals surface area (Å²) in [5, 5.41) is 4.06. The normalized spacial score (nSPS) is 11.2.